The van der Waals surface area contributed by atoms with Crippen LogP contribution in [0.5, 0.6) is 11.5 Å². The molecule has 0 amide bonds. The number of fused-ring (bicyclic) bond motifs is 1. The topological polar surface area (TPSA) is 44.5 Å². The number of hydrogen-bond acceptors (Lipinski definition) is 3. The molecule has 1 unspecified atom stereocenters. The molecule has 76 valence electrons. The first kappa shape index (κ1) is 9.62. The summed E-state index contributed by atoms with van der Waals surface area (Å²) in [6.45, 7) is 0.652. The number of ether oxygens (including phenoxy) is 2. The molecule has 1 aliphatic heterocycles. The minimum Gasteiger partial charge on any atom is -0.495 e. The standard InChI is InChI=1S/C10H12ClNO2/c1-13-10-6(11)2-3-8-9(10)7(12)4-5-14-8/h2-3,7H,4-5,12H2,1H3. The van der Waals surface area contributed by atoms with E-state index in [0.29, 0.717) is 17.4 Å². The van der Waals surface area contributed by atoms with Crippen LogP contribution in [0.3, 0.4) is 0 Å². The third-order valence-corrected chi connectivity index (χ3v) is 2.67. The molecule has 0 aromatic heterocycles. The SMILES string of the molecule is COc1c(Cl)ccc2c1C(N)CCO2. The fourth-order valence-electron chi connectivity index (χ4n) is 1.68. The number of benzene rings is 1. The van der Waals surface area contributed by atoms with E-state index in [0.717, 1.165) is 17.7 Å². The Hall–Kier alpha value is -0.930. The summed E-state index contributed by atoms with van der Waals surface area (Å²) in [7, 11) is 1.59. The van der Waals surface area contributed by atoms with E-state index in [1.807, 2.05) is 6.07 Å². The molecule has 2 rings (SSSR count). The number of nitrogens with two attached hydrogens (primary N) is 1. The quantitative estimate of drug-likeness (QED) is 0.777. The van der Waals surface area contributed by atoms with Crippen molar-refractivity contribution in [1.82, 2.24) is 0 Å². The summed E-state index contributed by atoms with van der Waals surface area (Å²) < 4.78 is 10.7. The molecule has 2 N–H and O–H groups in total. The van der Waals surface area contributed by atoms with Crippen molar-refractivity contribution in [3.63, 3.8) is 0 Å². The van der Waals surface area contributed by atoms with E-state index in [1.54, 1.807) is 13.2 Å². The van der Waals surface area contributed by atoms with Crippen LogP contribution in [0.25, 0.3) is 0 Å². The zero-order valence-corrected chi connectivity index (χ0v) is 8.67. The van der Waals surface area contributed by atoms with Gasteiger partial charge in [-0.1, -0.05) is 11.6 Å². The normalized spacial score (nSPS) is 19.8. The average molecular weight is 214 g/mol. The van der Waals surface area contributed by atoms with Gasteiger partial charge in [0.15, 0.2) is 0 Å². The van der Waals surface area contributed by atoms with E-state index in [2.05, 4.69) is 0 Å². The summed E-state index contributed by atoms with van der Waals surface area (Å²) in [5, 5.41) is 0.576. The maximum atomic E-state index is 5.99. The summed E-state index contributed by atoms with van der Waals surface area (Å²) in [6.07, 6.45) is 0.795. The number of rotatable bonds is 1. The highest BCUT2D eigenvalue weighted by atomic mass is 35.5. The zero-order chi connectivity index (χ0) is 10.1. The minimum atomic E-state index is -0.0487. The molecule has 1 aromatic rings. The molecule has 3 nitrogen and oxygen atoms in total. The number of halogens is 1. The first-order valence-corrected chi connectivity index (χ1v) is 4.86. The van der Waals surface area contributed by atoms with E-state index in [9.17, 15) is 0 Å². The molecule has 0 saturated carbocycles. The molecule has 0 aliphatic carbocycles. The fourth-order valence-corrected chi connectivity index (χ4v) is 1.92. The van der Waals surface area contributed by atoms with Crippen LogP contribution in [0.2, 0.25) is 5.02 Å². The molecule has 1 heterocycles. The predicted octanol–water partition coefficient (Wildman–Crippen LogP) is 2.13. The Morgan fingerprint density at radius 3 is 3.07 bits per heavy atom. The maximum Gasteiger partial charge on any atom is 0.145 e. The third-order valence-electron chi connectivity index (χ3n) is 2.37. The molecule has 1 aromatic carbocycles. The Kier molecular flexibility index (Phi) is 2.52. The predicted molar refractivity (Wildman–Crippen MR) is 55.0 cm³/mol. The monoisotopic (exact) mass is 213 g/mol. The molecule has 1 aliphatic rings. The lowest BCUT2D eigenvalue weighted by molar-refractivity contribution is 0.262. The highest BCUT2D eigenvalue weighted by Gasteiger charge is 2.23. The molecule has 1 atom stereocenters. The number of hydrogen-bond donors (Lipinski definition) is 1. The van der Waals surface area contributed by atoms with E-state index < -0.39 is 0 Å². The largest absolute Gasteiger partial charge is 0.495 e. The van der Waals surface area contributed by atoms with Gasteiger partial charge < -0.3 is 15.2 Å². The summed E-state index contributed by atoms with van der Waals surface area (Å²) in [5.74, 6) is 1.42. The lowest BCUT2D eigenvalue weighted by Crippen LogP contribution is -2.21. The van der Waals surface area contributed by atoms with Crippen LogP contribution >= 0.6 is 11.6 Å². The lowest BCUT2D eigenvalue weighted by Gasteiger charge is -2.25. The van der Waals surface area contributed by atoms with Crippen LogP contribution in [0.4, 0.5) is 0 Å². The van der Waals surface area contributed by atoms with Crippen LogP contribution < -0.4 is 15.2 Å². The van der Waals surface area contributed by atoms with Crippen molar-refractivity contribution in [2.24, 2.45) is 5.73 Å². The summed E-state index contributed by atoms with van der Waals surface area (Å²) in [6, 6.07) is 3.55. The van der Waals surface area contributed by atoms with Crippen LogP contribution in [0.15, 0.2) is 12.1 Å². The van der Waals surface area contributed by atoms with Gasteiger partial charge in [0, 0.05) is 12.5 Å². The van der Waals surface area contributed by atoms with Gasteiger partial charge in [-0.15, -0.1) is 0 Å². The second kappa shape index (κ2) is 3.67. The van der Waals surface area contributed by atoms with Crippen molar-refractivity contribution in [2.75, 3.05) is 13.7 Å². The Bertz CT molecular complexity index is 354. The van der Waals surface area contributed by atoms with Crippen molar-refractivity contribution in [3.8, 4) is 11.5 Å². The van der Waals surface area contributed by atoms with E-state index in [1.165, 1.54) is 0 Å². The third kappa shape index (κ3) is 1.42. The second-order valence-electron chi connectivity index (χ2n) is 3.24. The van der Waals surface area contributed by atoms with E-state index in [-0.39, 0.29) is 6.04 Å². The van der Waals surface area contributed by atoms with Crippen molar-refractivity contribution in [3.05, 3.63) is 22.7 Å². The van der Waals surface area contributed by atoms with Gasteiger partial charge in [0.2, 0.25) is 0 Å². The van der Waals surface area contributed by atoms with Crippen molar-refractivity contribution in [2.45, 2.75) is 12.5 Å². The van der Waals surface area contributed by atoms with Gasteiger partial charge in [0.25, 0.3) is 0 Å². The van der Waals surface area contributed by atoms with Gasteiger partial charge in [0.1, 0.15) is 11.5 Å². The highest BCUT2D eigenvalue weighted by Crippen LogP contribution is 2.41. The Morgan fingerprint density at radius 2 is 2.36 bits per heavy atom. The van der Waals surface area contributed by atoms with Gasteiger partial charge in [0.05, 0.1) is 24.3 Å². The molecule has 0 bridgehead atoms. The van der Waals surface area contributed by atoms with Gasteiger partial charge in [-0.2, -0.15) is 0 Å². The highest BCUT2D eigenvalue weighted by molar-refractivity contribution is 6.32. The minimum absolute atomic E-state index is 0.0487. The van der Waals surface area contributed by atoms with Gasteiger partial charge in [-0.05, 0) is 12.1 Å². The molecule has 4 heteroatoms. The van der Waals surface area contributed by atoms with Gasteiger partial charge in [-0.3, -0.25) is 0 Å². The molecule has 0 fully saturated rings. The molecular weight excluding hydrogens is 202 g/mol. The summed E-state index contributed by atoms with van der Waals surface area (Å²) >= 11 is 5.99. The maximum absolute atomic E-state index is 5.99. The fraction of sp³-hybridized carbons (Fsp3) is 0.400. The van der Waals surface area contributed by atoms with Crippen LogP contribution in [-0.2, 0) is 0 Å². The average Bonchev–Trinajstić information content (AvgIpc) is 2.19. The first-order chi connectivity index (χ1) is 6.74. The molecule has 14 heavy (non-hydrogen) atoms. The Morgan fingerprint density at radius 1 is 1.57 bits per heavy atom. The van der Waals surface area contributed by atoms with E-state index in [4.69, 9.17) is 26.8 Å². The van der Waals surface area contributed by atoms with E-state index >= 15 is 0 Å². The summed E-state index contributed by atoms with van der Waals surface area (Å²) in [5.41, 5.74) is 6.85. The Labute approximate surface area is 87.8 Å². The Balaban J connectivity index is 2.57. The van der Waals surface area contributed by atoms with Gasteiger partial charge >= 0.3 is 0 Å². The van der Waals surface area contributed by atoms with Gasteiger partial charge in [-0.25, -0.2) is 0 Å². The lowest BCUT2D eigenvalue weighted by atomic mass is 10.0. The van der Waals surface area contributed by atoms with Crippen LogP contribution in [0.1, 0.15) is 18.0 Å². The first-order valence-electron chi connectivity index (χ1n) is 4.49. The summed E-state index contributed by atoms with van der Waals surface area (Å²) in [4.78, 5) is 0. The smallest absolute Gasteiger partial charge is 0.145 e. The number of methoxy groups -OCH3 is 1. The molecule has 0 saturated heterocycles. The van der Waals surface area contributed by atoms with Crippen LogP contribution in [0, 0.1) is 0 Å². The van der Waals surface area contributed by atoms with Crippen molar-refractivity contribution in [1.29, 1.82) is 0 Å². The second-order valence-corrected chi connectivity index (χ2v) is 3.64. The molecular formula is C10H12ClNO2. The molecule has 0 spiro atoms. The van der Waals surface area contributed by atoms with Crippen molar-refractivity contribution < 1.29 is 9.47 Å². The van der Waals surface area contributed by atoms with Crippen molar-refractivity contribution >= 4 is 11.6 Å². The van der Waals surface area contributed by atoms with Crippen LogP contribution in [-0.4, -0.2) is 13.7 Å². The zero-order valence-electron chi connectivity index (χ0n) is 7.92. The molecule has 0 radical (unpaired) electrons.